The first-order valence-electron chi connectivity index (χ1n) is 8.29. The highest BCUT2D eigenvalue weighted by Gasteiger charge is 2.20. The molecule has 24 heavy (non-hydrogen) atoms. The van der Waals surface area contributed by atoms with Crippen molar-refractivity contribution in [1.82, 2.24) is 4.90 Å². The summed E-state index contributed by atoms with van der Waals surface area (Å²) in [6.07, 6.45) is 0. The third kappa shape index (κ3) is 3.46. The molecular weight excluding hydrogens is 304 g/mol. The lowest BCUT2D eigenvalue weighted by Crippen LogP contribution is -2.46. The van der Waals surface area contributed by atoms with Gasteiger partial charge in [0, 0.05) is 31.9 Å². The average Bonchev–Trinajstić information content (AvgIpc) is 3.06. The molecule has 3 rings (SSSR count). The number of esters is 1. The topological polar surface area (TPSA) is 45.9 Å². The van der Waals surface area contributed by atoms with Crippen molar-refractivity contribution in [2.45, 2.75) is 20.4 Å². The van der Waals surface area contributed by atoms with Crippen molar-refractivity contribution >= 4 is 11.7 Å². The smallest absolute Gasteiger partial charge is 0.373 e. The van der Waals surface area contributed by atoms with Crippen molar-refractivity contribution in [3.8, 4) is 0 Å². The molecule has 1 aliphatic heterocycles. The number of hydrogen-bond donors (Lipinski definition) is 0. The third-order valence-corrected chi connectivity index (χ3v) is 4.72. The summed E-state index contributed by atoms with van der Waals surface area (Å²) in [6.45, 7) is 9.00. The van der Waals surface area contributed by atoms with E-state index in [9.17, 15) is 4.79 Å². The standard InChI is InChI=1S/C19H24N2O3/c1-14-5-4-6-17(15(14)2)21-11-9-20(10-12-21)13-16-7-8-18(24-16)19(22)23-3/h4-8H,9-13H2,1-3H3. The molecule has 1 saturated heterocycles. The van der Waals surface area contributed by atoms with E-state index in [2.05, 4.69) is 46.6 Å². The van der Waals surface area contributed by atoms with Crippen LogP contribution in [0.5, 0.6) is 0 Å². The predicted molar refractivity (Wildman–Crippen MR) is 93.5 cm³/mol. The molecule has 128 valence electrons. The number of piperazine rings is 1. The van der Waals surface area contributed by atoms with Crippen molar-refractivity contribution in [3.63, 3.8) is 0 Å². The minimum atomic E-state index is -0.430. The normalized spacial score (nSPS) is 15.5. The molecule has 0 spiro atoms. The molecule has 5 nitrogen and oxygen atoms in total. The molecule has 1 aromatic carbocycles. The van der Waals surface area contributed by atoms with Gasteiger partial charge in [0.1, 0.15) is 5.76 Å². The molecule has 0 unspecified atom stereocenters. The number of hydrogen-bond acceptors (Lipinski definition) is 5. The van der Waals surface area contributed by atoms with Crippen molar-refractivity contribution < 1.29 is 13.9 Å². The molecule has 1 aliphatic rings. The number of carbonyl (C=O) groups excluding carboxylic acids is 1. The van der Waals surface area contributed by atoms with Gasteiger partial charge in [0.2, 0.25) is 5.76 Å². The maximum absolute atomic E-state index is 11.4. The Morgan fingerprint density at radius 3 is 2.58 bits per heavy atom. The maximum atomic E-state index is 11.4. The zero-order valence-electron chi connectivity index (χ0n) is 14.5. The van der Waals surface area contributed by atoms with Crippen molar-refractivity contribution in [3.05, 3.63) is 53.0 Å². The van der Waals surface area contributed by atoms with E-state index in [1.54, 1.807) is 6.07 Å². The molecule has 2 aromatic rings. The van der Waals surface area contributed by atoms with Crippen LogP contribution in [0.1, 0.15) is 27.4 Å². The molecule has 0 saturated carbocycles. The number of furan rings is 1. The zero-order valence-corrected chi connectivity index (χ0v) is 14.5. The van der Waals surface area contributed by atoms with Gasteiger partial charge in [-0.1, -0.05) is 12.1 Å². The summed E-state index contributed by atoms with van der Waals surface area (Å²) >= 11 is 0. The van der Waals surface area contributed by atoms with Crippen molar-refractivity contribution in [2.24, 2.45) is 0 Å². The highest BCUT2D eigenvalue weighted by Crippen LogP contribution is 2.24. The summed E-state index contributed by atoms with van der Waals surface area (Å²) in [6, 6.07) is 10.0. The van der Waals surface area contributed by atoms with Crippen molar-refractivity contribution in [2.75, 3.05) is 38.2 Å². The molecule has 0 radical (unpaired) electrons. The number of ether oxygens (including phenoxy) is 1. The van der Waals surface area contributed by atoms with E-state index >= 15 is 0 Å². The lowest BCUT2D eigenvalue weighted by molar-refractivity contribution is 0.0561. The molecule has 1 aromatic heterocycles. The number of benzene rings is 1. The van der Waals surface area contributed by atoms with Crippen LogP contribution < -0.4 is 4.90 Å². The monoisotopic (exact) mass is 328 g/mol. The lowest BCUT2D eigenvalue weighted by Gasteiger charge is -2.36. The van der Waals surface area contributed by atoms with Crippen LogP contribution in [0.3, 0.4) is 0 Å². The fourth-order valence-corrected chi connectivity index (χ4v) is 3.12. The van der Waals surface area contributed by atoms with Crippen LogP contribution in [-0.2, 0) is 11.3 Å². The highest BCUT2D eigenvalue weighted by atomic mass is 16.5. The Hall–Kier alpha value is -2.27. The number of rotatable bonds is 4. The van der Waals surface area contributed by atoms with Gasteiger partial charge in [-0.25, -0.2) is 4.79 Å². The molecule has 0 aliphatic carbocycles. The lowest BCUT2D eigenvalue weighted by atomic mass is 10.1. The van der Waals surface area contributed by atoms with Crippen LogP contribution in [0.2, 0.25) is 0 Å². The number of nitrogens with zero attached hydrogens (tertiary/aromatic N) is 2. The first kappa shape index (κ1) is 16.6. The van der Waals surface area contributed by atoms with E-state index in [1.165, 1.54) is 23.9 Å². The second kappa shape index (κ2) is 7.09. The van der Waals surface area contributed by atoms with E-state index in [1.807, 2.05) is 6.07 Å². The van der Waals surface area contributed by atoms with Crippen LogP contribution in [0.25, 0.3) is 0 Å². The van der Waals surface area contributed by atoms with Crippen LogP contribution in [0.15, 0.2) is 34.7 Å². The first-order chi connectivity index (χ1) is 11.6. The molecule has 0 bridgehead atoms. The molecule has 1 fully saturated rings. The molecule has 0 N–H and O–H groups in total. The van der Waals surface area contributed by atoms with Gasteiger partial charge in [-0.2, -0.15) is 0 Å². The van der Waals surface area contributed by atoms with Crippen LogP contribution in [0.4, 0.5) is 5.69 Å². The average molecular weight is 328 g/mol. The summed E-state index contributed by atoms with van der Waals surface area (Å²) in [7, 11) is 1.36. The number of carbonyl (C=O) groups is 1. The van der Waals surface area contributed by atoms with Crippen LogP contribution in [-0.4, -0.2) is 44.2 Å². The number of aryl methyl sites for hydroxylation is 1. The summed E-state index contributed by atoms with van der Waals surface area (Å²) in [5.41, 5.74) is 4.03. The van der Waals surface area contributed by atoms with Gasteiger partial charge in [-0.05, 0) is 43.2 Å². The Morgan fingerprint density at radius 1 is 1.12 bits per heavy atom. The van der Waals surface area contributed by atoms with E-state index in [-0.39, 0.29) is 5.76 Å². The van der Waals surface area contributed by atoms with Gasteiger partial charge in [-0.15, -0.1) is 0 Å². The summed E-state index contributed by atoms with van der Waals surface area (Å²) in [5, 5.41) is 0. The van der Waals surface area contributed by atoms with Crippen LogP contribution >= 0.6 is 0 Å². The Morgan fingerprint density at radius 2 is 1.88 bits per heavy atom. The summed E-state index contributed by atoms with van der Waals surface area (Å²) in [5.74, 6) is 0.637. The Balaban J connectivity index is 1.58. The van der Waals surface area contributed by atoms with Gasteiger partial charge in [0.15, 0.2) is 0 Å². The van der Waals surface area contributed by atoms with E-state index < -0.39 is 5.97 Å². The van der Waals surface area contributed by atoms with E-state index in [0.29, 0.717) is 0 Å². The number of methoxy groups -OCH3 is 1. The fraction of sp³-hybridized carbons (Fsp3) is 0.421. The highest BCUT2D eigenvalue weighted by molar-refractivity contribution is 5.86. The quantitative estimate of drug-likeness (QED) is 0.808. The molecule has 0 atom stereocenters. The third-order valence-electron chi connectivity index (χ3n) is 4.72. The molecule has 0 amide bonds. The van der Waals surface area contributed by atoms with Gasteiger partial charge >= 0.3 is 5.97 Å². The maximum Gasteiger partial charge on any atom is 0.373 e. The Kier molecular flexibility index (Phi) is 4.90. The second-order valence-electron chi connectivity index (χ2n) is 6.24. The van der Waals surface area contributed by atoms with E-state index in [4.69, 9.17) is 4.42 Å². The van der Waals surface area contributed by atoms with Crippen LogP contribution in [0, 0.1) is 13.8 Å². The molecule has 2 heterocycles. The Labute approximate surface area is 142 Å². The van der Waals surface area contributed by atoms with Gasteiger partial charge < -0.3 is 14.1 Å². The SMILES string of the molecule is COC(=O)c1ccc(CN2CCN(c3cccc(C)c3C)CC2)o1. The summed E-state index contributed by atoms with van der Waals surface area (Å²) in [4.78, 5) is 16.2. The van der Waals surface area contributed by atoms with Gasteiger partial charge in [-0.3, -0.25) is 4.90 Å². The van der Waals surface area contributed by atoms with Crippen molar-refractivity contribution in [1.29, 1.82) is 0 Å². The summed E-state index contributed by atoms with van der Waals surface area (Å²) < 4.78 is 10.2. The molecular formula is C19H24N2O3. The second-order valence-corrected chi connectivity index (χ2v) is 6.24. The zero-order chi connectivity index (χ0) is 17.1. The minimum Gasteiger partial charge on any atom is -0.463 e. The largest absolute Gasteiger partial charge is 0.463 e. The first-order valence-corrected chi connectivity index (χ1v) is 8.29. The Bertz CT molecular complexity index is 715. The predicted octanol–water partition coefficient (Wildman–Crippen LogP) is 3.01. The fourth-order valence-electron chi connectivity index (χ4n) is 3.12. The minimum absolute atomic E-state index is 0.265. The molecule has 5 heteroatoms. The van der Waals surface area contributed by atoms with Gasteiger partial charge in [0.25, 0.3) is 0 Å². The van der Waals surface area contributed by atoms with E-state index in [0.717, 1.165) is 38.5 Å². The van der Waals surface area contributed by atoms with Gasteiger partial charge in [0.05, 0.1) is 13.7 Å². The number of anilines is 1.